The average Bonchev–Trinajstić information content (AvgIpc) is 2.80. The topological polar surface area (TPSA) is 99.7 Å². The molecular weight excluding hydrogens is 488 g/mol. The van der Waals surface area contributed by atoms with Gasteiger partial charge in [0.25, 0.3) is 11.8 Å². The van der Waals surface area contributed by atoms with Crippen molar-refractivity contribution in [2.24, 2.45) is 0 Å². The van der Waals surface area contributed by atoms with E-state index in [1.54, 1.807) is 43.9 Å². The molecule has 0 N–H and O–H groups in total. The van der Waals surface area contributed by atoms with Crippen LogP contribution >= 0.6 is 0 Å². The molecule has 2 fully saturated rings. The fourth-order valence-electron chi connectivity index (χ4n) is 4.62. The van der Waals surface area contributed by atoms with Crippen LogP contribution in [-0.2, 0) is 9.47 Å². The van der Waals surface area contributed by atoms with E-state index in [-0.39, 0.29) is 36.1 Å². The van der Waals surface area contributed by atoms with E-state index in [0.717, 1.165) is 0 Å². The molecule has 10 nitrogen and oxygen atoms in total. The van der Waals surface area contributed by atoms with Crippen molar-refractivity contribution in [2.45, 2.75) is 78.7 Å². The molecule has 0 radical (unpaired) electrons. The average molecular weight is 531 g/mol. The number of amides is 4. The number of ether oxygens (including phenoxy) is 2. The van der Waals surface area contributed by atoms with Gasteiger partial charge in [-0.2, -0.15) is 0 Å². The van der Waals surface area contributed by atoms with Gasteiger partial charge in [-0.1, -0.05) is 6.07 Å². The summed E-state index contributed by atoms with van der Waals surface area (Å²) in [7, 11) is 0. The Kier molecular flexibility index (Phi) is 8.63. The highest BCUT2D eigenvalue weighted by atomic mass is 16.6. The SMILES string of the molecule is C[C@@H]1CN(C(=O)c2cccc(C(=O)N3CCN(C(=O)OC(C)(C)C)[C@H](C)C3)c2)CCN1C(=O)OC(C)(C)C. The second-order valence-electron chi connectivity index (χ2n) is 12.1. The van der Waals surface area contributed by atoms with Gasteiger partial charge in [0.05, 0.1) is 0 Å². The minimum Gasteiger partial charge on any atom is -0.444 e. The van der Waals surface area contributed by atoms with Crippen LogP contribution in [0.3, 0.4) is 0 Å². The van der Waals surface area contributed by atoms with E-state index >= 15 is 0 Å². The van der Waals surface area contributed by atoms with Gasteiger partial charge >= 0.3 is 12.2 Å². The first-order chi connectivity index (χ1) is 17.6. The molecule has 10 heteroatoms. The lowest BCUT2D eigenvalue weighted by atomic mass is 10.1. The molecule has 1 aromatic carbocycles. The number of hydrogen-bond acceptors (Lipinski definition) is 6. The van der Waals surface area contributed by atoms with Crippen LogP contribution in [0.15, 0.2) is 24.3 Å². The molecule has 3 rings (SSSR count). The van der Waals surface area contributed by atoms with Crippen LogP contribution in [-0.4, -0.2) is 106 Å². The summed E-state index contributed by atoms with van der Waals surface area (Å²) < 4.78 is 11.0. The quantitative estimate of drug-likeness (QED) is 0.576. The van der Waals surface area contributed by atoms with Crippen molar-refractivity contribution in [2.75, 3.05) is 39.3 Å². The summed E-state index contributed by atoms with van der Waals surface area (Å²) in [5.74, 6) is -0.364. The van der Waals surface area contributed by atoms with Crippen LogP contribution in [0, 0.1) is 0 Å². The maximum absolute atomic E-state index is 13.3. The maximum Gasteiger partial charge on any atom is 0.410 e. The minimum atomic E-state index is -0.586. The number of hydrogen-bond donors (Lipinski definition) is 0. The van der Waals surface area contributed by atoms with Crippen molar-refractivity contribution >= 4 is 24.0 Å². The van der Waals surface area contributed by atoms with Crippen molar-refractivity contribution in [3.8, 4) is 0 Å². The Hall–Kier alpha value is -3.30. The monoisotopic (exact) mass is 530 g/mol. The third kappa shape index (κ3) is 7.39. The lowest BCUT2D eigenvalue weighted by molar-refractivity contribution is 0.00161. The highest BCUT2D eigenvalue weighted by Gasteiger charge is 2.35. The van der Waals surface area contributed by atoms with Crippen LogP contribution < -0.4 is 0 Å². The summed E-state index contributed by atoms with van der Waals surface area (Å²) in [6.45, 7) is 17.0. The summed E-state index contributed by atoms with van der Waals surface area (Å²) in [5, 5.41) is 0. The first kappa shape index (κ1) is 29.3. The predicted octanol–water partition coefficient (Wildman–Crippen LogP) is 3.85. The zero-order valence-corrected chi connectivity index (χ0v) is 23.9. The van der Waals surface area contributed by atoms with Gasteiger partial charge in [0.2, 0.25) is 0 Å². The van der Waals surface area contributed by atoms with Crippen LogP contribution in [0.2, 0.25) is 0 Å². The highest BCUT2D eigenvalue weighted by Crippen LogP contribution is 2.20. The molecule has 2 saturated heterocycles. The molecule has 2 heterocycles. The Bertz CT molecular complexity index is 981. The molecule has 210 valence electrons. The Morgan fingerprint density at radius 1 is 0.684 bits per heavy atom. The molecule has 0 aliphatic carbocycles. The summed E-state index contributed by atoms with van der Waals surface area (Å²) >= 11 is 0. The lowest BCUT2D eigenvalue weighted by Gasteiger charge is -2.40. The molecule has 2 aliphatic heterocycles. The summed E-state index contributed by atoms with van der Waals surface area (Å²) in [6, 6.07) is 6.34. The maximum atomic E-state index is 13.3. The molecular formula is C28H42N4O6. The van der Waals surface area contributed by atoms with Gasteiger partial charge in [-0.25, -0.2) is 9.59 Å². The summed E-state index contributed by atoms with van der Waals surface area (Å²) in [4.78, 5) is 58.3. The number of piperazine rings is 2. The van der Waals surface area contributed by atoms with Gasteiger partial charge in [-0.3, -0.25) is 9.59 Å². The zero-order valence-electron chi connectivity index (χ0n) is 23.9. The standard InChI is InChI=1S/C28H42N4O6/c1-19-17-29(12-14-31(19)25(35)37-27(3,4)5)23(33)21-10-9-11-22(16-21)24(34)30-13-15-32(20(2)18-30)26(36)38-28(6,7)8/h9-11,16,19-20H,12-15,17-18H2,1-8H3/t19-,20-/m1/s1. The molecule has 4 amide bonds. The molecule has 1 aromatic rings. The van der Waals surface area contributed by atoms with E-state index in [1.807, 2.05) is 55.4 Å². The first-order valence-corrected chi connectivity index (χ1v) is 13.2. The van der Waals surface area contributed by atoms with Crippen molar-refractivity contribution in [3.05, 3.63) is 35.4 Å². The van der Waals surface area contributed by atoms with Crippen molar-refractivity contribution in [1.82, 2.24) is 19.6 Å². The number of carbonyl (C=O) groups excluding carboxylic acids is 4. The van der Waals surface area contributed by atoms with E-state index in [2.05, 4.69) is 0 Å². The van der Waals surface area contributed by atoms with Gasteiger partial charge in [0.15, 0.2) is 0 Å². The largest absolute Gasteiger partial charge is 0.444 e. The summed E-state index contributed by atoms with van der Waals surface area (Å²) in [6.07, 6.45) is -0.767. The molecule has 2 atom stereocenters. The number of carbonyl (C=O) groups is 4. The highest BCUT2D eigenvalue weighted by molar-refractivity contribution is 6.00. The smallest absolute Gasteiger partial charge is 0.410 e. The zero-order chi connectivity index (χ0) is 28.4. The van der Waals surface area contributed by atoms with Crippen LogP contribution in [0.1, 0.15) is 76.1 Å². The van der Waals surface area contributed by atoms with Gasteiger partial charge in [0, 0.05) is 62.5 Å². The van der Waals surface area contributed by atoms with Crippen LogP contribution in [0.4, 0.5) is 9.59 Å². The minimum absolute atomic E-state index is 0.182. The summed E-state index contributed by atoms with van der Waals surface area (Å²) in [5.41, 5.74) is -0.322. The van der Waals surface area contributed by atoms with Gasteiger partial charge in [-0.05, 0) is 73.6 Å². The Morgan fingerprint density at radius 2 is 1.05 bits per heavy atom. The number of nitrogens with zero attached hydrogens (tertiary/aromatic N) is 4. The van der Waals surface area contributed by atoms with E-state index in [1.165, 1.54) is 0 Å². The van der Waals surface area contributed by atoms with Crippen molar-refractivity contribution < 1.29 is 28.7 Å². The molecule has 0 unspecified atom stereocenters. The van der Waals surface area contributed by atoms with E-state index in [0.29, 0.717) is 50.4 Å². The van der Waals surface area contributed by atoms with Gasteiger partial charge < -0.3 is 29.1 Å². The predicted molar refractivity (Wildman–Crippen MR) is 143 cm³/mol. The Morgan fingerprint density at radius 3 is 1.37 bits per heavy atom. The Labute approximate surface area is 225 Å². The van der Waals surface area contributed by atoms with E-state index in [4.69, 9.17) is 9.47 Å². The fraction of sp³-hybridized carbons (Fsp3) is 0.643. The third-order valence-corrected chi connectivity index (χ3v) is 6.44. The molecule has 0 bridgehead atoms. The van der Waals surface area contributed by atoms with E-state index < -0.39 is 11.2 Å². The van der Waals surface area contributed by atoms with Gasteiger partial charge in [-0.15, -0.1) is 0 Å². The molecule has 0 saturated carbocycles. The first-order valence-electron chi connectivity index (χ1n) is 13.2. The Balaban J connectivity index is 1.62. The van der Waals surface area contributed by atoms with Crippen molar-refractivity contribution in [3.63, 3.8) is 0 Å². The van der Waals surface area contributed by atoms with Crippen molar-refractivity contribution in [1.29, 1.82) is 0 Å². The lowest BCUT2D eigenvalue weighted by Crippen LogP contribution is -2.56. The molecule has 0 aromatic heterocycles. The van der Waals surface area contributed by atoms with Gasteiger partial charge in [0.1, 0.15) is 11.2 Å². The second kappa shape index (κ2) is 11.2. The third-order valence-electron chi connectivity index (χ3n) is 6.44. The molecule has 2 aliphatic rings. The van der Waals surface area contributed by atoms with E-state index in [9.17, 15) is 19.2 Å². The fourth-order valence-corrected chi connectivity index (χ4v) is 4.62. The normalized spacial score (nSPS) is 20.7. The number of benzene rings is 1. The second-order valence-corrected chi connectivity index (χ2v) is 12.1. The van der Waals surface area contributed by atoms with Crippen LogP contribution in [0.25, 0.3) is 0 Å². The molecule has 38 heavy (non-hydrogen) atoms. The molecule has 0 spiro atoms. The number of rotatable bonds is 2. The van der Waals surface area contributed by atoms with Crippen LogP contribution in [0.5, 0.6) is 0 Å².